The Labute approximate surface area is 183 Å². The van der Waals surface area contributed by atoms with Gasteiger partial charge in [-0.15, -0.1) is 11.3 Å². The van der Waals surface area contributed by atoms with E-state index >= 15 is 0 Å². The van der Waals surface area contributed by atoms with Crippen molar-refractivity contribution in [1.82, 2.24) is 9.55 Å². The molecule has 4 rings (SSSR count). The van der Waals surface area contributed by atoms with Crippen LogP contribution in [-0.4, -0.2) is 22.1 Å². The Morgan fingerprint density at radius 1 is 1.19 bits per heavy atom. The van der Waals surface area contributed by atoms with Crippen molar-refractivity contribution in [3.8, 4) is 17.0 Å². The molecular formula is C23H23N3O4S. The molecule has 0 radical (unpaired) electrons. The predicted molar refractivity (Wildman–Crippen MR) is 122 cm³/mol. The van der Waals surface area contributed by atoms with E-state index in [0.29, 0.717) is 30.3 Å². The maximum Gasteiger partial charge on any atom is 0.419 e. The summed E-state index contributed by atoms with van der Waals surface area (Å²) < 4.78 is 12.4. The molecule has 0 saturated heterocycles. The minimum atomic E-state index is -0.405. The summed E-state index contributed by atoms with van der Waals surface area (Å²) >= 11 is 1.38. The number of oxazole rings is 1. The fourth-order valence-electron chi connectivity index (χ4n) is 3.21. The first-order valence-corrected chi connectivity index (χ1v) is 11.1. The van der Waals surface area contributed by atoms with Crippen molar-refractivity contribution in [3.63, 3.8) is 0 Å². The number of para-hydroxylation sites is 2. The Balaban J connectivity index is 1.31. The van der Waals surface area contributed by atoms with Crippen LogP contribution in [0.5, 0.6) is 5.75 Å². The first kappa shape index (κ1) is 20.9. The van der Waals surface area contributed by atoms with E-state index in [2.05, 4.69) is 17.2 Å². The number of fused-ring (bicyclic) bond motifs is 1. The maximum absolute atomic E-state index is 12.3. The van der Waals surface area contributed by atoms with Crippen molar-refractivity contribution in [1.29, 1.82) is 0 Å². The number of thiazole rings is 1. The van der Waals surface area contributed by atoms with Crippen LogP contribution in [0.4, 0.5) is 5.13 Å². The number of benzene rings is 2. The second-order valence-corrected chi connectivity index (χ2v) is 7.91. The van der Waals surface area contributed by atoms with Crippen LogP contribution in [-0.2, 0) is 11.3 Å². The minimum Gasteiger partial charge on any atom is -0.494 e. The normalized spacial score (nSPS) is 11.0. The average molecular weight is 438 g/mol. The molecule has 31 heavy (non-hydrogen) atoms. The van der Waals surface area contributed by atoms with Gasteiger partial charge in [0.1, 0.15) is 5.75 Å². The Morgan fingerprint density at radius 3 is 2.81 bits per heavy atom. The van der Waals surface area contributed by atoms with Gasteiger partial charge in [-0.25, -0.2) is 9.78 Å². The standard InChI is InChI=1S/C23H23N3O4S/c1-2-14-29-17-11-9-16(10-12-17)18-15-31-22(24-18)25-21(27)8-5-13-26-19-6-3-4-7-20(19)30-23(26)28/h3-4,6-7,9-12,15H,2,5,8,13-14H2,1H3,(H,24,25,27). The number of hydrogen-bond acceptors (Lipinski definition) is 6. The molecule has 0 spiro atoms. The molecule has 0 fully saturated rings. The fourth-order valence-corrected chi connectivity index (χ4v) is 3.95. The summed E-state index contributed by atoms with van der Waals surface area (Å²) in [6.45, 7) is 3.18. The number of nitrogens with zero attached hydrogens (tertiary/aromatic N) is 2. The zero-order chi connectivity index (χ0) is 21.6. The summed E-state index contributed by atoms with van der Waals surface area (Å²) in [6.07, 6.45) is 1.77. The van der Waals surface area contributed by atoms with E-state index in [-0.39, 0.29) is 12.3 Å². The van der Waals surface area contributed by atoms with Gasteiger partial charge in [0.25, 0.3) is 0 Å². The zero-order valence-corrected chi connectivity index (χ0v) is 18.0. The number of rotatable bonds is 9. The van der Waals surface area contributed by atoms with Gasteiger partial charge < -0.3 is 14.5 Å². The summed E-state index contributed by atoms with van der Waals surface area (Å²) in [5.41, 5.74) is 3.06. The van der Waals surface area contributed by atoms with Gasteiger partial charge in [-0.3, -0.25) is 9.36 Å². The van der Waals surface area contributed by atoms with Crippen LogP contribution in [0.15, 0.2) is 63.1 Å². The molecule has 4 aromatic rings. The molecule has 2 aromatic carbocycles. The van der Waals surface area contributed by atoms with E-state index in [0.717, 1.165) is 28.9 Å². The first-order valence-electron chi connectivity index (χ1n) is 10.2. The minimum absolute atomic E-state index is 0.134. The van der Waals surface area contributed by atoms with Crippen LogP contribution in [0.1, 0.15) is 26.2 Å². The summed E-state index contributed by atoms with van der Waals surface area (Å²) in [6, 6.07) is 15.0. The molecule has 0 aliphatic rings. The molecule has 0 saturated carbocycles. The van der Waals surface area contributed by atoms with Gasteiger partial charge >= 0.3 is 5.76 Å². The molecule has 1 amide bonds. The molecule has 0 aliphatic carbocycles. The van der Waals surface area contributed by atoms with Gasteiger partial charge in [0.05, 0.1) is 17.8 Å². The molecular weight excluding hydrogens is 414 g/mol. The second-order valence-electron chi connectivity index (χ2n) is 7.05. The van der Waals surface area contributed by atoms with E-state index in [1.807, 2.05) is 47.8 Å². The van der Waals surface area contributed by atoms with E-state index in [4.69, 9.17) is 9.15 Å². The second kappa shape index (κ2) is 9.61. The molecule has 1 N–H and O–H groups in total. The van der Waals surface area contributed by atoms with Crippen LogP contribution in [0.2, 0.25) is 0 Å². The number of aromatic nitrogens is 2. The number of carbonyl (C=O) groups excluding carboxylic acids is 1. The van der Waals surface area contributed by atoms with Gasteiger partial charge in [-0.2, -0.15) is 0 Å². The average Bonchev–Trinajstić information content (AvgIpc) is 3.37. The highest BCUT2D eigenvalue weighted by Crippen LogP contribution is 2.26. The first-order chi connectivity index (χ1) is 15.1. The van der Waals surface area contributed by atoms with Crippen LogP contribution < -0.4 is 15.8 Å². The van der Waals surface area contributed by atoms with Crippen LogP contribution in [0.25, 0.3) is 22.4 Å². The van der Waals surface area contributed by atoms with Crippen LogP contribution in [0, 0.1) is 0 Å². The highest BCUT2D eigenvalue weighted by Gasteiger charge is 2.11. The van der Waals surface area contributed by atoms with E-state index in [9.17, 15) is 9.59 Å². The lowest BCUT2D eigenvalue weighted by Crippen LogP contribution is -2.17. The van der Waals surface area contributed by atoms with Gasteiger partial charge in [-0.05, 0) is 49.2 Å². The van der Waals surface area contributed by atoms with Crippen molar-refractivity contribution in [2.75, 3.05) is 11.9 Å². The van der Waals surface area contributed by atoms with Crippen molar-refractivity contribution in [2.45, 2.75) is 32.7 Å². The lowest BCUT2D eigenvalue weighted by Gasteiger charge is -2.05. The van der Waals surface area contributed by atoms with Gasteiger partial charge in [0.15, 0.2) is 10.7 Å². The number of hydrogen-bond donors (Lipinski definition) is 1. The fraction of sp³-hybridized carbons (Fsp3) is 0.261. The zero-order valence-electron chi connectivity index (χ0n) is 17.2. The van der Waals surface area contributed by atoms with Gasteiger partial charge in [0.2, 0.25) is 5.91 Å². The largest absolute Gasteiger partial charge is 0.494 e. The Bertz CT molecular complexity index is 1220. The smallest absolute Gasteiger partial charge is 0.419 e. The van der Waals surface area contributed by atoms with E-state index in [1.165, 1.54) is 11.3 Å². The molecule has 0 atom stereocenters. The predicted octanol–water partition coefficient (Wildman–Crippen LogP) is 4.93. The summed E-state index contributed by atoms with van der Waals surface area (Å²) in [4.78, 5) is 28.8. The number of aryl methyl sites for hydroxylation is 1. The lowest BCUT2D eigenvalue weighted by molar-refractivity contribution is -0.116. The molecule has 0 unspecified atom stereocenters. The van der Waals surface area contributed by atoms with Crippen molar-refractivity contribution >= 4 is 33.5 Å². The third-order valence-electron chi connectivity index (χ3n) is 4.73. The third kappa shape index (κ3) is 5.03. The molecule has 0 bridgehead atoms. The summed E-state index contributed by atoms with van der Waals surface area (Å²) in [5, 5.41) is 5.30. The van der Waals surface area contributed by atoms with E-state index in [1.54, 1.807) is 10.6 Å². The number of nitrogens with one attached hydrogen (secondary N) is 1. The Kier molecular flexibility index (Phi) is 6.47. The molecule has 7 nitrogen and oxygen atoms in total. The monoisotopic (exact) mass is 437 g/mol. The van der Waals surface area contributed by atoms with Gasteiger partial charge in [-0.1, -0.05) is 19.1 Å². The van der Waals surface area contributed by atoms with Crippen molar-refractivity contribution in [2.24, 2.45) is 0 Å². The molecule has 2 heterocycles. The third-order valence-corrected chi connectivity index (χ3v) is 5.49. The quantitative estimate of drug-likeness (QED) is 0.401. The molecule has 2 aromatic heterocycles. The molecule has 160 valence electrons. The SMILES string of the molecule is CCCOc1ccc(-c2csc(NC(=O)CCCn3c(=O)oc4ccccc43)n2)cc1. The summed E-state index contributed by atoms with van der Waals surface area (Å²) in [5.74, 6) is 0.293. The van der Waals surface area contributed by atoms with Crippen molar-refractivity contribution < 1.29 is 13.9 Å². The van der Waals surface area contributed by atoms with Crippen LogP contribution in [0.3, 0.4) is 0 Å². The topological polar surface area (TPSA) is 86.4 Å². The van der Waals surface area contributed by atoms with E-state index < -0.39 is 5.76 Å². The number of amides is 1. The maximum atomic E-state index is 12.3. The number of anilines is 1. The van der Waals surface area contributed by atoms with Gasteiger partial charge in [0, 0.05) is 23.9 Å². The lowest BCUT2D eigenvalue weighted by atomic mass is 10.2. The molecule has 8 heteroatoms. The number of ether oxygens (including phenoxy) is 1. The Morgan fingerprint density at radius 2 is 2.00 bits per heavy atom. The Hall–Kier alpha value is -3.39. The highest BCUT2D eigenvalue weighted by molar-refractivity contribution is 7.14. The van der Waals surface area contributed by atoms with Crippen LogP contribution >= 0.6 is 11.3 Å². The number of carbonyl (C=O) groups is 1. The summed E-state index contributed by atoms with van der Waals surface area (Å²) in [7, 11) is 0. The highest BCUT2D eigenvalue weighted by atomic mass is 32.1. The molecule has 0 aliphatic heterocycles. The van der Waals surface area contributed by atoms with Crippen molar-refractivity contribution in [3.05, 3.63) is 64.5 Å².